The number of hydrazone groups is 1. The van der Waals surface area contributed by atoms with E-state index in [1.807, 2.05) is 6.07 Å². The molecule has 1 aromatic rings. The second-order valence-corrected chi connectivity index (χ2v) is 5.24. The van der Waals surface area contributed by atoms with Crippen molar-refractivity contribution < 1.29 is 9.53 Å². The lowest BCUT2D eigenvalue weighted by atomic mass is 9.97. The largest absolute Gasteiger partial charge is 0.459 e. The van der Waals surface area contributed by atoms with Gasteiger partial charge in [-0.1, -0.05) is 24.6 Å². The third-order valence-corrected chi connectivity index (χ3v) is 3.77. The van der Waals surface area contributed by atoms with E-state index in [2.05, 4.69) is 16.2 Å². The molecule has 1 aromatic carbocycles. The molecule has 2 aliphatic rings. The van der Waals surface area contributed by atoms with Crippen molar-refractivity contribution in [2.45, 2.75) is 38.2 Å². The van der Waals surface area contributed by atoms with Crippen LogP contribution >= 0.6 is 0 Å². The van der Waals surface area contributed by atoms with E-state index >= 15 is 0 Å². The summed E-state index contributed by atoms with van der Waals surface area (Å²) in [4.78, 5) is 12.4. The Balaban J connectivity index is 1.79. The number of carbonyl (C=O) groups is 1. The van der Waals surface area contributed by atoms with Crippen LogP contribution < -0.4 is 16.9 Å². The van der Waals surface area contributed by atoms with E-state index < -0.39 is 0 Å². The zero-order chi connectivity index (χ0) is 14.7. The Morgan fingerprint density at radius 3 is 2.76 bits per heavy atom. The summed E-state index contributed by atoms with van der Waals surface area (Å²) in [5.74, 6) is 5.87. The minimum absolute atomic E-state index is 0.0232. The number of hydrogen-bond acceptors (Lipinski definition) is 7. The normalized spacial score (nSPS) is 19.1. The Kier molecular flexibility index (Phi) is 4.03. The molecule has 1 heterocycles. The van der Waals surface area contributed by atoms with Crippen LogP contribution in [0.1, 0.15) is 48.0 Å². The van der Waals surface area contributed by atoms with Crippen molar-refractivity contribution in [3.05, 3.63) is 35.4 Å². The molecule has 21 heavy (non-hydrogen) atoms. The van der Waals surface area contributed by atoms with Gasteiger partial charge in [0.1, 0.15) is 6.10 Å². The van der Waals surface area contributed by atoms with Gasteiger partial charge < -0.3 is 4.74 Å². The second-order valence-electron chi connectivity index (χ2n) is 5.24. The molecule has 7 heteroatoms. The first-order valence-electron chi connectivity index (χ1n) is 7.19. The molecule has 0 bridgehead atoms. The maximum Gasteiger partial charge on any atom is 0.339 e. The van der Waals surface area contributed by atoms with Gasteiger partial charge >= 0.3 is 5.97 Å². The van der Waals surface area contributed by atoms with Crippen LogP contribution in [0.25, 0.3) is 0 Å². The summed E-state index contributed by atoms with van der Waals surface area (Å²) in [6, 6.07) is 7.17. The van der Waals surface area contributed by atoms with Gasteiger partial charge in [0, 0.05) is 5.56 Å². The van der Waals surface area contributed by atoms with Gasteiger partial charge in [-0.2, -0.15) is 0 Å². The van der Waals surface area contributed by atoms with Crippen molar-refractivity contribution >= 4 is 11.8 Å². The average Bonchev–Trinajstić information content (AvgIpc) is 2.94. The highest BCUT2D eigenvalue weighted by molar-refractivity contribution is 6.07. The smallest absolute Gasteiger partial charge is 0.339 e. The molecule has 1 aliphatic heterocycles. The lowest BCUT2D eigenvalue weighted by Gasteiger charge is -2.22. The molecule has 1 saturated carbocycles. The lowest BCUT2D eigenvalue weighted by Crippen LogP contribution is -2.46. The molecule has 7 nitrogen and oxygen atoms in total. The third kappa shape index (κ3) is 2.98. The van der Waals surface area contributed by atoms with Crippen molar-refractivity contribution in [2.24, 2.45) is 10.9 Å². The fourth-order valence-electron chi connectivity index (χ4n) is 2.68. The minimum Gasteiger partial charge on any atom is -0.459 e. The standard InChI is InChI=1S/C14H19N5O2/c15-19-13(16-17-18-19)11-8-4-5-9-12(11)14(20)21-10-6-2-1-3-7-10/h4-5,8-10,17-18H,1-3,6-7,15H2. The molecule has 4 N–H and O–H groups in total. The van der Waals surface area contributed by atoms with Crippen LogP contribution in [0.5, 0.6) is 0 Å². The molecule has 0 saturated heterocycles. The predicted molar refractivity (Wildman–Crippen MR) is 77.6 cm³/mol. The number of rotatable bonds is 3. The Bertz CT molecular complexity index is 554. The number of nitrogens with zero attached hydrogens (tertiary/aromatic N) is 2. The first-order chi connectivity index (χ1) is 10.3. The van der Waals surface area contributed by atoms with Gasteiger partial charge in [-0.3, -0.25) is 0 Å². The number of benzene rings is 1. The fraction of sp³-hybridized carbons (Fsp3) is 0.429. The molecule has 1 aliphatic carbocycles. The zero-order valence-electron chi connectivity index (χ0n) is 11.7. The van der Waals surface area contributed by atoms with Crippen LogP contribution in [0, 0.1) is 0 Å². The molecule has 0 aromatic heterocycles. The molecule has 1 fully saturated rings. The lowest BCUT2D eigenvalue weighted by molar-refractivity contribution is 0.0211. The highest BCUT2D eigenvalue weighted by atomic mass is 16.5. The predicted octanol–water partition coefficient (Wildman–Crippen LogP) is 1.04. The van der Waals surface area contributed by atoms with Crippen LogP contribution in [0.2, 0.25) is 0 Å². The van der Waals surface area contributed by atoms with E-state index in [0.29, 0.717) is 17.0 Å². The van der Waals surface area contributed by atoms with E-state index in [4.69, 9.17) is 10.6 Å². The Labute approximate surface area is 123 Å². The van der Waals surface area contributed by atoms with Crippen molar-refractivity contribution in [1.29, 1.82) is 0 Å². The van der Waals surface area contributed by atoms with Crippen molar-refractivity contribution in [2.75, 3.05) is 0 Å². The highest BCUT2D eigenvalue weighted by Gasteiger charge is 2.24. The third-order valence-electron chi connectivity index (χ3n) is 3.77. The van der Waals surface area contributed by atoms with E-state index in [1.165, 1.54) is 11.5 Å². The first-order valence-corrected chi connectivity index (χ1v) is 7.19. The molecule has 0 amide bonds. The van der Waals surface area contributed by atoms with Crippen molar-refractivity contribution in [3.8, 4) is 0 Å². The first kappa shape index (κ1) is 13.8. The fourth-order valence-corrected chi connectivity index (χ4v) is 2.68. The van der Waals surface area contributed by atoms with Crippen molar-refractivity contribution in [1.82, 2.24) is 16.2 Å². The van der Waals surface area contributed by atoms with Crippen LogP contribution in [0.3, 0.4) is 0 Å². The second kappa shape index (κ2) is 6.11. The molecular formula is C14H19N5O2. The van der Waals surface area contributed by atoms with E-state index in [1.54, 1.807) is 18.2 Å². The van der Waals surface area contributed by atoms with Crippen LogP contribution in [-0.4, -0.2) is 23.0 Å². The summed E-state index contributed by atoms with van der Waals surface area (Å²) in [5.41, 5.74) is 6.29. The summed E-state index contributed by atoms with van der Waals surface area (Å²) in [5, 5.41) is 5.25. The summed E-state index contributed by atoms with van der Waals surface area (Å²) < 4.78 is 5.62. The number of nitrogens with two attached hydrogens (primary N) is 1. The highest BCUT2D eigenvalue weighted by Crippen LogP contribution is 2.22. The van der Waals surface area contributed by atoms with Crippen LogP contribution in [-0.2, 0) is 4.74 Å². The molecule has 0 atom stereocenters. The van der Waals surface area contributed by atoms with Gasteiger partial charge in [-0.25, -0.2) is 21.3 Å². The summed E-state index contributed by atoms with van der Waals surface area (Å²) in [6.45, 7) is 0. The SMILES string of the molecule is NN1NNN=C1c1ccccc1C(=O)OC1CCCCC1. The van der Waals surface area contributed by atoms with E-state index in [-0.39, 0.29) is 12.1 Å². The van der Waals surface area contributed by atoms with Gasteiger partial charge in [-0.05, 0) is 31.7 Å². The molecular weight excluding hydrogens is 270 g/mol. The number of hydrazine groups is 3. The summed E-state index contributed by atoms with van der Waals surface area (Å²) in [7, 11) is 0. The Morgan fingerprint density at radius 2 is 2.05 bits per heavy atom. The van der Waals surface area contributed by atoms with Gasteiger partial charge in [0.05, 0.1) is 5.56 Å². The number of ether oxygens (including phenoxy) is 1. The number of amidine groups is 1. The Hall–Kier alpha value is -2.12. The number of esters is 1. The monoisotopic (exact) mass is 289 g/mol. The van der Waals surface area contributed by atoms with Gasteiger partial charge in [-0.15, -0.1) is 10.6 Å². The maximum atomic E-state index is 12.4. The molecule has 0 spiro atoms. The topological polar surface area (TPSA) is 92.0 Å². The van der Waals surface area contributed by atoms with Gasteiger partial charge in [0.15, 0.2) is 5.84 Å². The molecule has 0 unspecified atom stereocenters. The van der Waals surface area contributed by atoms with Gasteiger partial charge in [0.25, 0.3) is 0 Å². The molecule has 3 rings (SSSR count). The zero-order valence-corrected chi connectivity index (χ0v) is 11.7. The van der Waals surface area contributed by atoms with Crippen molar-refractivity contribution in [3.63, 3.8) is 0 Å². The van der Waals surface area contributed by atoms with E-state index in [9.17, 15) is 4.79 Å². The molecule has 0 radical (unpaired) electrons. The van der Waals surface area contributed by atoms with Crippen LogP contribution in [0.15, 0.2) is 29.4 Å². The van der Waals surface area contributed by atoms with Crippen LogP contribution in [0.4, 0.5) is 0 Å². The number of hydrogen-bond donors (Lipinski definition) is 3. The number of nitrogens with one attached hydrogen (secondary N) is 2. The summed E-state index contributed by atoms with van der Waals surface area (Å²) in [6.07, 6.45) is 5.38. The quantitative estimate of drug-likeness (QED) is 0.569. The minimum atomic E-state index is -0.319. The maximum absolute atomic E-state index is 12.4. The number of carbonyl (C=O) groups excluding carboxylic acids is 1. The molecule has 112 valence electrons. The Morgan fingerprint density at radius 1 is 1.29 bits per heavy atom. The van der Waals surface area contributed by atoms with E-state index in [0.717, 1.165) is 25.7 Å². The van der Waals surface area contributed by atoms with Gasteiger partial charge in [0.2, 0.25) is 0 Å². The summed E-state index contributed by atoms with van der Waals surface area (Å²) >= 11 is 0. The average molecular weight is 289 g/mol.